The largest absolute Gasteiger partial charge is 0.505 e. The zero-order valence-electron chi connectivity index (χ0n) is 21.1. The second kappa shape index (κ2) is 12.5. The minimum absolute atomic E-state index is 0.0563. The fourth-order valence-corrected chi connectivity index (χ4v) is 5.34. The lowest BCUT2D eigenvalue weighted by Crippen LogP contribution is -2.47. The molecule has 1 fully saturated rings. The highest BCUT2D eigenvalue weighted by atomic mass is 35.5. The SMILES string of the molecule is CC.COc1c(Cl)cc(-c2ccc(C(=O)c3c(F)ccc(O)c3F)s2)cc1CN1CCN(C(C)=O)CC1. The first-order valence-electron chi connectivity index (χ1n) is 11.9. The Morgan fingerprint density at radius 3 is 2.38 bits per heavy atom. The Morgan fingerprint density at radius 2 is 1.76 bits per heavy atom. The van der Waals surface area contributed by atoms with Crippen molar-refractivity contribution >= 4 is 34.6 Å². The van der Waals surface area contributed by atoms with E-state index in [0.717, 1.165) is 34.6 Å². The number of phenols is 1. The summed E-state index contributed by atoms with van der Waals surface area (Å²) in [5.74, 6) is -3.37. The number of amides is 1. The van der Waals surface area contributed by atoms with E-state index in [2.05, 4.69) is 4.90 Å². The van der Waals surface area contributed by atoms with Crippen LogP contribution >= 0.6 is 22.9 Å². The van der Waals surface area contributed by atoms with E-state index < -0.39 is 28.7 Å². The molecule has 0 radical (unpaired) electrons. The zero-order valence-corrected chi connectivity index (χ0v) is 22.7. The normalized spacial score (nSPS) is 13.6. The van der Waals surface area contributed by atoms with Crippen LogP contribution in [0.15, 0.2) is 36.4 Å². The van der Waals surface area contributed by atoms with Crippen LogP contribution in [0.1, 0.15) is 41.6 Å². The van der Waals surface area contributed by atoms with Gasteiger partial charge in [0.15, 0.2) is 11.6 Å². The Balaban J connectivity index is 0.00000186. The molecule has 1 amide bonds. The summed E-state index contributed by atoms with van der Waals surface area (Å²) in [6.07, 6.45) is 0. The number of methoxy groups -OCH3 is 1. The predicted molar refractivity (Wildman–Crippen MR) is 142 cm³/mol. The summed E-state index contributed by atoms with van der Waals surface area (Å²) < 4.78 is 33.9. The molecule has 1 aromatic heterocycles. The first-order chi connectivity index (χ1) is 17.7. The third kappa shape index (κ3) is 6.29. The Bertz CT molecular complexity index is 1290. The van der Waals surface area contributed by atoms with Gasteiger partial charge in [0.05, 0.1) is 22.6 Å². The number of rotatable bonds is 6. The number of hydrogen-bond donors (Lipinski definition) is 1. The number of ether oxygens (including phenoxy) is 1. The number of phenolic OH excluding ortho intramolecular Hbond substituents is 1. The smallest absolute Gasteiger partial charge is 0.219 e. The van der Waals surface area contributed by atoms with Gasteiger partial charge >= 0.3 is 0 Å². The minimum Gasteiger partial charge on any atom is -0.505 e. The van der Waals surface area contributed by atoms with Gasteiger partial charge in [-0.05, 0) is 42.0 Å². The lowest BCUT2D eigenvalue weighted by atomic mass is 10.1. The molecule has 6 nitrogen and oxygen atoms in total. The molecule has 2 aromatic carbocycles. The molecule has 1 N–H and O–H groups in total. The molecule has 0 bridgehead atoms. The van der Waals surface area contributed by atoms with Crippen molar-refractivity contribution in [1.82, 2.24) is 9.80 Å². The van der Waals surface area contributed by atoms with Crippen molar-refractivity contribution < 1.29 is 28.2 Å². The summed E-state index contributed by atoms with van der Waals surface area (Å²) in [6.45, 7) is 8.82. The summed E-state index contributed by atoms with van der Waals surface area (Å²) in [7, 11) is 1.54. The van der Waals surface area contributed by atoms with Crippen LogP contribution in [0.3, 0.4) is 0 Å². The van der Waals surface area contributed by atoms with Crippen LogP contribution in [-0.4, -0.2) is 59.9 Å². The van der Waals surface area contributed by atoms with Crippen LogP contribution in [0.25, 0.3) is 10.4 Å². The summed E-state index contributed by atoms with van der Waals surface area (Å²) in [5.41, 5.74) is 0.781. The molecule has 1 aliphatic heterocycles. The average molecular weight is 551 g/mol. The first kappa shape index (κ1) is 28.6. The van der Waals surface area contributed by atoms with E-state index in [0.29, 0.717) is 48.4 Å². The Hall–Kier alpha value is -3.01. The molecule has 0 aliphatic carbocycles. The Kier molecular flexibility index (Phi) is 9.64. The highest BCUT2D eigenvalue weighted by molar-refractivity contribution is 7.17. The molecule has 1 saturated heterocycles. The van der Waals surface area contributed by atoms with E-state index in [-0.39, 0.29) is 10.8 Å². The van der Waals surface area contributed by atoms with Gasteiger partial charge in [-0.25, -0.2) is 8.78 Å². The third-order valence-corrected chi connectivity index (χ3v) is 7.36. The molecule has 2 heterocycles. The fraction of sp³-hybridized carbons (Fsp3) is 0.333. The summed E-state index contributed by atoms with van der Waals surface area (Å²) >= 11 is 7.58. The number of carbonyl (C=O) groups excluding carboxylic acids is 2. The van der Waals surface area contributed by atoms with E-state index >= 15 is 0 Å². The molecule has 1 aliphatic rings. The van der Waals surface area contributed by atoms with Crippen molar-refractivity contribution in [2.75, 3.05) is 33.3 Å². The van der Waals surface area contributed by atoms with Crippen LogP contribution in [0, 0.1) is 11.6 Å². The van der Waals surface area contributed by atoms with E-state index in [9.17, 15) is 23.5 Å². The van der Waals surface area contributed by atoms with Crippen molar-refractivity contribution in [3.63, 3.8) is 0 Å². The molecular weight excluding hydrogens is 522 g/mol. The van der Waals surface area contributed by atoms with Crippen molar-refractivity contribution in [2.24, 2.45) is 0 Å². The average Bonchev–Trinajstić information content (AvgIpc) is 3.38. The molecule has 0 spiro atoms. The summed E-state index contributed by atoms with van der Waals surface area (Å²) in [5, 5.41) is 9.95. The van der Waals surface area contributed by atoms with Crippen LogP contribution in [0.4, 0.5) is 8.78 Å². The minimum atomic E-state index is -1.29. The van der Waals surface area contributed by atoms with Crippen molar-refractivity contribution in [1.29, 1.82) is 0 Å². The molecule has 3 aromatic rings. The maximum absolute atomic E-state index is 14.2. The maximum Gasteiger partial charge on any atom is 0.219 e. The number of hydrogen-bond acceptors (Lipinski definition) is 6. The van der Waals surface area contributed by atoms with Gasteiger partial charge in [0.2, 0.25) is 11.7 Å². The molecule has 0 unspecified atom stereocenters. The van der Waals surface area contributed by atoms with Crippen LogP contribution in [-0.2, 0) is 11.3 Å². The number of piperazine rings is 1. The molecule has 198 valence electrons. The van der Waals surface area contributed by atoms with Gasteiger partial charge in [0.25, 0.3) is 0 Å². The Morgan fingerprint density at radius 1 is 1.08 bits per heavy atom. The van der Waals surface area contributed by atoms with E-state index in [1.165, 1.54) is 6.07 Å². The standard InChI is InChI=1S/C25H23ClF2N2O4S.C2H6/c1-14(31)30-9-7-29(8-10-30)13-16-11-15(12-17(26)25(16)34-2)20-5-6-21(35-20)24(33)22-18(27)3-4-19(32)23(22)28;1-2/h3-6,11-12,32H,7-10,13H2,1-2H3;1-2H3. The lowest BCUT2D eigenvalue weighted by molar-refractivity contribution is -0.130. The summed E-state index contributed by atoms with van der Waals surface area (Å²) in [6, 6.07) is 8.52. The molecule has 0 atom stereocenters. The molecule has 4 rings (SSSR count). The van der Waals surface area contributed by atoms with Gasteiger partial charge in [0, 0.05) is 50.1 Å². The Labute approximate surface area is 224 Å². The van der Waals surface area contributed by atoms with E-state index in [1.807, 2.05) is 19.9 Å². The fourth-order valence-electron chi connectivity index (χ4n) is 4.09. The van der Waals surface area contributed by atoms with E-state index in [1.54, 1.807) is 31.1 Å². The molecular formula is C27H29ClF2N2O4S. The van der Waals surface area contributed by atoms with Crippen LogP contribution in [0.2, 0.25) is 5.02 Å². The number of aromatic hydroxyl groups is 1. The summed E-state index contributed by atoms with van der Waals surface area (Å²) in [4.78, 5) is 29.2. The highest BCUT2D eigenvalue weighted by Crippen LogP contribution is 2.38. The first-order valence-corrected chi connectivity index (χ1v) is 13.0. The number of halogens is 3. The number of benzene rings is 2. The monoisotopic (exact) mass is 550 g/mol. The van der Waals surface area contributed by atoms with Gasteiger partial charge in [-0.2, -0.15) is 0 Å². The van der Waals surface area contributed by atoms with Crippen LogP contribution < -0.4 is 4.74 Å². The van der Waals surface area contributed by atoms with Crippen molar-refractivity contribution in [2.45, 2.75) is 27.3 Å². The van der Waals surface area contributed by atoms with Crippen molar-refractivity contribution in [3.8, 4) is 21.9 Å². The van der Waals surface area contributed by atoms with Gasteiger partial charge in [-0.3, -0.25) is 14.5 Å². The quantitative estimate of drug-likeness (QED) is 0.382. The topological polar surface area (TPSA) is 70.1 Å². The van der Waals surface area contributed by atoms with Gasteiger partial charge in [-0.1, -0.05) is 25.4 Å². The van der Waals surface area contributed by atoms with Gasteiger partial charge in [0.1, 0.15) is 11.6 Å². The molecule has 0 saturated carbocycles. The second-order valence-electron chi connectivity index (χ2n) is 8.18. The molecule has 37 heavy (non-hydrogen) atoms. The maximum atomic E-state index is 14.2. The zero-order chi connectivity index (χ0) is 27.3. The third-order valence-electron chi connectivity index (χ3n) is 5.95. The highest BCUT2D eigenvalue weighted by Gasteiger charge is 2.24. The molecule has 10 heteroatoms. The number of thiophene rings is 1. The number of carbonyl (C=O) groups is 2. The lowest BCUT2D eigenvalue weighted by Gasteiger charge is -2.34. The van der Waals surface area contributed by atoms with Crippen LogP contribution in [0.5, 0.6) is 11.5 Å². The second-order valence-corrected chi connectivity index (χ2v) is 9.67. The van der Waals surface area contributed by atoms with Gasteiger partial charge in [-0.15, -0.1) is 11.3 Å². The van der Waals surface area contributed by atoms with Gasteiger partial charge < -0.3 is 14.7 Å². The van der Waals surface area contributed by atoms with Crippen molar-refractivity contribution in [3.05, 3.63) is 69.1 Å². The van der Waals surface area contributed by atoms with E-state index in [4.69, 9.17) is 16.3 Å². The number of nitrogens with zero attached hydrogens (tertiary/aromatic N) is 2. The number of ketones is 1. The predicted octanol–water partition coefficient (Wildman–Crippen LogP) is 5.98.